The summed E-state index contributed by atoms with van der Waals surface area (Å²) in [5.41, 5.74) is -0.120. The van der Waals surface area contributed by atoms with Crippen LogP contribution in [0.5, 0.6) is 0 Å². The van der Waals surface area contributed by atoms with Gasteiger partial charge in [0.25, 0.3) is 0 Å². The fraction of sp³-hybridized carbons (Fsp3) is 0.933. The molecule has 0 atom stereocenters. The minimum absolute atomic E-state index is 0.120. The summed E-state index contributed by atoms with van der Waals surface area (Å²) in [4.78, 5) is 14.9. The second-order valence-electron chi connectivity index (χ2n) is 5.99. The third kappa shape index (κ3) is 4.17. The highest BCUT2D eigenvalue weighted by molar-refractivity contribution is 5.82. The Balaban J connectivity index is 1.76. The quantitative estimate of drug-likeness (QED) is 0.750. The van der Waals surface area contributed by atoms with Gasteiger partial charge in [0.2, 0.25) is 5.91 Å². The van der Waals surface area contributed by atoms with E-state index in [2.05, 4.69) is 22.5 Å². The van der Waals surface area contributed by atoms with Crippen molar-refractivity contribution < 1.29 is 9.53 Å². The Kier molecular flexibility index (Phi) is 6.26. The molecule has 2 fully saturated rings. The van der Waals surface area contributed by atoms with Crippen molar-refractivity contribution in [3.8, 4) is 0 Å². The lowest BCUT2D eigenvalue weighted by Crippen LogP contribution is -2.49. The van der Waals surface area contributed by atoms with Crippen LogP contribution in [0.1, 0.15) is 32.6 Å². The smallest absolute Gasteiger partial charge is 0.226 e. The van der Waals surface area contributed by atoms with Crippen molar-refractivity contribution in [2.45, 2.75) is 32.6 Å². The molecule has 0 aliphatic carbocycles. The zero-order valence-electron chi connectivity index (χ0n) is 12.7. The fourth-order valence-corrected chi connectivity index (χ4v) is 3.31. The molecule has 0 aromatic rings. The average Bonchev–Trinajstić information content (AvgIpc) is 2.49. The van der Waals surface area contributed by atoms with Crippen LogP contribution in [-0.2, 0) is 9.53 Å². The molecule has 0 radical (unpaired) electrons. The summed E-state index contributed by atoms with van der Waals surface area (Å²) in [5, 5.41) is 6.53. The second kappa shape index (κ2) is 7.96. The summed E-state index contributed by atoms with van der Waals surface area (Å²) in [7, 11) is 0. The predicted molar refractivity (Wildman–Crippen MR) is 79.7 cm³/mol. The molecule has 5 heteroatoms. The standard InChI is InChI=1S/C15H29N3O2/c1-2-3-15(4-6-16-7-5-15)14(19)17-8-9-18-10-12-20-13-11-18/h16H,2-13H2,1H3,(H,17,19). The van der Waals surface area contributed by atoms with E-state index in [0.29, 0.717) is 0 Å². The Bertz CT molecular complexity index is 292. The topological polar surface area (TPSA) is 53.6 Å². The van der Waals surface area contributed by atoms with E-state index in [1.165, 1.54) is 0 Å². The zero-order chi connectivity index (χ0) is 14.3. The van der Waals surface area contributed by atoms with Crippen LogP contribution in [-0.4, -0.2) is 63.3 Å². The number of rotatable bonds is 6. The number of amides is 1. The molecule has 0 aromatic heterocycles. The average molecular weight is 283 g/mol. The first kappa shape index (κ1) is 15.7. The molecular weight excluding hydrogens is 254 g/mol. The molecular formula is C15H29N3O2. The number of nitrogens with one attached hydrogen (secondary N) is 2. The van der Waals surface area contributed by atoms with Gasteiger partial charge in [0, 0.05) is 26.2 Å². The van der Waals surface area contributed by atoms with Gasteiger partial charge in [0.05, 0.1) is 18.6 Å². The van der Waals surface area contributed by atoms with Crippen LogP contribution in [0.4, 0.5) is 0 Å². The Hall–Kier alpha value is -0.650. The highest BCUT2D eigenvalue weighted by Crippen LogP contribution is 2.34. The molecule has 2 saturated heterocycles. The summed E-state index contributed by atoms with van der Waals surface area (Å²) in [5.74, 6) is 0.272. The van der Waals surface area contributed by atoms with Gasteiger partial charge in [-0.1, -0.05) is 13.3 Å². The van der Waals surface area contributed by atoms with Crippen LogP contribution in [0.15, 0.2) is 0 Å². The van der Waals surface area contributed by atoms with Gasteiger partial charge in [-0.25, -0.2) is 0 Å². The Morgan fingerprint density at radius 2 is 2.00 bits per heavy atom. The summed E-state index contributed by atoms with van der Waals surface area (Å²) >= 11 is 0. The van der Waals surface area contributed by atoms with E-state index in [9.17, 15) is 4.79 Å². The zero-order valence-corrected chi connectivity index (χ0v) is 12.7. The van der Waals surface area contributed by atoms with Gasteiger partial charge >= 0.3 is 0 Å². The minimum atomic E-state index is -0.120. The lowest BCUT2D eigenvalue weighted by molar-refractivity contribution is -0.133. The molecule has 0 bridgehead atoms. The van der Waals surface area contributed by atoms with Crippen molar-refractivity contribution in [1.82, 2.24) is 15.5 Å². The molecule has 2 aliphatic heterocycles. The normalized spacial score (nSPS) is 23.4. The van der Waals surface area contributed by atoms with Crippen molar-refractivity contribution in [3.05, 3.63) is 0 Å². The monoisotopic (exact) mass is 283 g/mol. The molecule has 2 rings (SSSR count). The fourth-order valence-electron chi connectivity index (χ4n) is 3.31. The first-order valence-corrected chi connectivity index (χ1v) is 8.06. The van der Waals surface area contributed by atoms with Crippen molar-refractivity contribution in [2.24, 2.45) is 5.41 Å². The van der Waals surface area contributed by atoms with E-state index in [-0.39, 0.29) is 11.3 Å². The summed E-state index contributed by atoms with van der Waals surface area (Å²) in [6, 6.07) is 0. The van der Waals surface area contributed by atoms with Crippen molar-refractivity contribution >= 4 is 5.91 Å². The number of carbonyl (C=O) groups excluding carboxylic acids is 1. The first-order valence-electron chi connectivity index (χ1n) is 8.06. The van der Waals surface area contributed by atoms with Gasteiger partial charge in [-0.3, -0.25) is 9.69 Å². The van der Waals surface area contributed by atoms with E-state index < -0.39 is 0 Å². The number of morpholine rings is 1. The lowest BCUT2D eigenvalue weighted by atomic mass is 9.74. The maximum absolute atomic E-state index is 12.6. The second-order valence-corrected chi connectivity index (χ2v) is 5.99. The third-order valence-electron chi connectivity index (χ3n) is 4.59. The van der Waals surface area contributed by atoms with Crippen LogP contribution in [0.3, 0.4) is 0 Å². The van der Waals surface area contributed by atoms with E-state index in [4.69, 9.17) is 4.74 Å². The largest absolute Gasteiger partial charge is 0.379 e. The van der Waals surface area contributed by atoms with Crippen LogP contribution < -0.4 is 10.6 Å². The molecule has 0 unspecified atom stereocenters. The highest BCUT2D eigenvalue weighted by Gasteiger charge is 2.38. The molecule has 2 aliphatic rings. The van der Waals surface area contributed by atoms with E-state index in [1.54, 1.807) is 0 Å². The maximum atomic E-state index is 12.6. The number of hydrogen-bond acceptors (Lipinski definition) is 4. The van der Waals surface area contributed by atoms with Gasteiger partial charge in [-0.05, 0) is 32.4 Å². The molecule has 20 heavy (non-hydrogen) atoms. The Morgan fingerprint density at radius 1 is 1.30 bits per heavy atom. The van der Waals surface area contributed by atoms with E-state index in [1.807, 2.05) is 0 Å². The maximum Gasteiger partial charge on any atom is 0.226 e. The van der Waals surface area contributed by atoms with Gasteiger partial charge in [0.15, 0.2) is 0 Å². The number of carbonyl (C=O) groups is 1. The summed E-state index contributed by atoms with van der Waals surface area (Å²) in [6.45, 7) is 9.42. The van der Waals surface area contributed by atoms with Crippen LogP contribution in [0.25, 0.3) is 0 Å². The first-order chi connectivity index (χ1) is 9.77. The van der Waals surface area contributed by atoms with E-state index in [0.717, 1.165) is 78.2 Å². The molecule has 0 saturated carbocycles. The van der Waals surface area contributed by atoms with Crippen molar-refractivity contribution in [2.75, 3.05) is 52.5 Å². The van der Waals surface area contributed by atoms with Gasteiger partial charge in [0.1, 0.15) is 0 Å². The van der Waals surface area contributed by atoms with Gasteiger partial charge in [-0.15, -0.1) is 0 Å². The lowest BCUT2D eigenvalue weighted by Gasteiger charge is -2.36. The molecule has 0 spiro atoms. The molecule has 1 amide bonds. The number of hydrogen-bond donors (Lipinski definition) is 2. The van der Waals surface area contributed by atoms with Gasteiger partial charge < -0.3 is 15.4 Å². The van der Waals surface area contributed by atoms with Crippen LogP contribution in [0, 0.1) is 5.41 Å². The summed E-state index contributed by atoms with van der Waals surface area (Å²) < 4.78 is 5.33. The molecule has 116 valence electrons. The van der Waals surface area contributed by atoms with Crippen molar-refractivity contribution in [3.63, 3.8) is 0 Å². The number of nitrogens with zero attached hydrogens (tertiary/aromatic N) is 1. The van der Waals surface area contributed by atoms with Gasteiger partial charge in [-0.2, -0.15) is 0 Å². The van der Waals surface area contributed by atoms with Crippen LogP contribution >= 0.6 is 0 Å². The molecule has 2 heterocycles. The SMILES string of the molecule is CCCC1(C(=O)NCCN2CCOCC2)CCNCC1. The number of piperidine rings is 1. The van der Waals surface area contributed by atoms with Crippen LogP contribution in [0.2, 0.25) is 0 Å². The Labute approximate surface area is 122 Å². The molecule has 0 aromatic carbocycles. The molecule has 2 N–H and O–H groups in total. The molecule has 5 nitrogen and oxygen atoms in total. The predicted octanol–water partition coefficient (Wildman–Crippen LogP) is 0.605. The summed E-state index contributed by atoms with van der Waals surface area (Å²) in [6.07, 6.45) is 4.05. The number of ether oxygens (including phenoxy) is 1. The van der Waals surface area contributed by atoms with Crippen molar-refractivity contribution in [1.29, 1.82) is 0 Å². The third-order valence-corrected chi connectivity index (χ3v) is 4.59. The Morgan fingerprint density at radius 3 is 2.65 bits per heavy atom. The van der Waals surface area contributed by atoms with E-state index >= 15 is 0 Å². The minimum Gasteiger partial charge on any atom is -0.379 e. The highest BCUT2D eigenvalue weighted by atomic mass is 16.5.